The first-order chi connectivity index (χ1) is 15.2. The molecule has 0 radical (unpaired) electrons. The lowest BCUT2D eigenvalue weighted by molar-refractivity contribution is 0.122. The van der Waals surface area contributed by atoms with E-state index in [1.165, 1.54) is 95.8 Å². The first-order valence-electron chi connectivity index (χ1n) is 12.4. The Morgan fingerprint density at radius 2 is 1.35 bits per heavy atom. The molecule has 6 heteroatoms. The number of likely N-dealkylation sites (tertiary alicyclic amines) is 1. The number of benzene rings is 1. The lowest BCUT2D eigenvalue weighted by atomic mass is 10.0. The minimum atomic E-state index is -0.137. The van der Waals surface area contributed by atoms with E-state index in [-0.39, 0.29) is 5.82 Å². The molecule has 0 amide bonds. The van der Waals surface area contributed by atoms with E-state index in [2.05, 4.69) is 24.6 Å². The third-order valence-corrected chi connectivity index (χ3v) is 7.58. The summed E-state index contributed by atoms with van der Waals surface area (Å²) in [6, 6.07) is 5.12. The summed E-state index contributed by atoms with van der Waals surface area (Å²) in [4.78, 5) is 14.0. The Kier molecular flexibility index (Phi) is 6.89. The Morgan fingerprint density at radius 1 is 0.742 bits per heavy atom. The van der Waals surface area contributed by atoms with Gasteiger partial charge in [-0.05, 0) is 88.7 Å². The molecule has 0 aliphatic carbocycles. The van der Waals surface area contributed by atoms with Crippen LogP contribution in [0.25, 0.3) is 10.9 Å². The summed E-state index contributed by atoms with van der Waals surface area (Å²) in [6.45, 7) is 14.5. The first-order valence-corrected chi connectivity index (χ1v) is 12.4. The number of hydrogen-bond donors (Lipinski definition) is 1. The van der Waals surface area contributed by atoms with E-state index in [0.29, 0.717) is 0 Å². The number of rotatable bonds is 8. The molecule has 0 atom stereocenters. The second-order valence-corrected chi connectivity index (χ2v) is 9.74. The number of hydrogen-bond acceptors (Lipinski definition) is 4. The predicted molar refractivity (Wildman–Crippen MR) is 125 cm³/mol. The molecule has 2 fully saturated rings. The van der Waals surface area contributed by atoms with Crippen molar-refractivity contribution in [1.29, 1.82) is 0 Å². The van der Waals surface area contributed by atoms with E-state index in [9.17, 15) is 4.39 Å². The maximum Gasteiger partial charge on any atom is 0.123 e. The number of nitrogens with zero attached hydrogens (tertiary/aromatic N) is 4. The van der Waals surface area contributed by atoms with Crippen molar-refractivity contribution in [3.05, 3.63) is 35.3 Å². The van der Waals surface area contributed by atoms with Crippen molar-refractivity contribution in [2.24, 2.45) is 0 Å². The summed E-state index contributed by atoms with van der Waals surface area (Å²) in [5, 5.41) is 1.07. The number of halogens is 1. The molecule has 1 N–H and O–H groups in total. The topological polar surface area (TPSA) is 28.8 Å². The van der Waals surface area contributed by atoms with Gasteiger partial charge in [0.1, 0.15) is 5.82 Å². The minimum absolute atomic E-state index is 0.137. The molecular weight excluding hydrogens is 389 g/mol. The predicted octanol–water partition coefficient (Wildman–Crippen LogP) is 3.16. The van der Waals surface area contributed by atoms with Gasteiger partial charge in [0.05, 0.1) is 0 Å². The second kappa shape index (κ2) is 9.99. The highest BCUT2D eigenvalue weighted by atomic mass is 19.1. The number of fused-ring (bicyclic) bond motifs is 3. The number of piperazine rings is 1. The number of aromatic amines is 1. The van der Waals surface area contributed by atoms with Gasteiger partial charge in [-0.15, -0.1) is 0 Å². The van der Waals surface area contributed by atoms with Crippen LogP contribution in [0.5, 0.6) is 0 Å². The van der Waals surface area contributed by atoms with Crippen molar-refractivity contribution in [2.75, 3.05) is 72.0 Å². The quantitative estimate of drug-likeness (QED) is 0.701. The zero-order chi connectivity index (χ0) is 21.0. The van der Waals surface area contributed by atoms with Gasteiger partial charge in [-0.3, -0.25) is 4.90 Å². The van der Waals surface area contributed by atoms with E-state index < -0.39 is 0 Å². The van der Waals surface area contributed by atoms with Crippen LogP contribution in [0.2, 0.25) is 0 Å². The molecule has 5 nitrogen and oxygen atoms in total. The van der Waals surface area contributed by atoms with Gasteiger partial charge >= 0.3 is 0 Å². The van der Waals surface area contributed by atoms with Crippen molar-refractivity contribution in [3.63, 3.8) is 0 Å². The molecule has 5 rings (SSSR count). The summed E-state index contributed by atoms with van der Waals surface area (Å²) in [5.41, 5.74) is 3.69. The lowest BCUT2D eigenvalue weighted by Gasteiger charge is -2.35. The molecule has 0 unspecified atom stereocenters. The molecule has 31 heavy (non-hydrogen) atoms. The highest BCUT2D eigenvalue weighted by molar-refractivity contribution is 5.84. The standard InChI is InChI=1S/C25H38FN5/c26-21-5-6-24-22(19-21)23-20-31(14-7-25(23)27-24)13-4-12-30-17-15-29(16-18-30)11-3-10-28-8-1-2-9-28/h5-6,19,27H,1-4,7-18,20H2. The van der Waals surface area contributed by atoms with Crippen LogP contribution < -0.4 is 0 Å². The van der Waals surface area contributed by atoms with E-state index in [1.807, 2.05) is 6.07 Å². The normalized spacial score (nSPS) is 21.8. The first kappa shape index (κ1) is 21.4. The SMILES string of the molecule is Fc1ccc2[nH]c3c(c2c1)CN(CCCN1CCN(CCCN2CCCC2)CC1)CC3. The minimum Gasteiger partial charge on any atom is -0.358 e. The van der Waals surface area contributed by atoms with Crippen molar-refractivity contribution in [3.8, 4) is 0 Å². The summed E-state index contributed by atoms with van der Waals surface area (Å²) in [7, 11) is 0. The summed E-state index contributed by atoms with van der Waals surface area (Å²) >= 11 is 0. The number of nitrogens with one attached hydrogen (secondary N) is 1. The average Bonchev–Trinajstić information content (AvgIpc) is 3.42. The molecular formula is C25H38FN5. The van der Waals surface area contributed by atoms with Crippen LogP contribution in [0.3, 0.4) is 0 Å². The molecule has 170 valence electrons. The monoisotopic (exact) mass is 427 g/mol. The molecule has 3 aliphatic rings. The van der Waals surface area contributed by atoms with Gasteiger partial charge in [-0.2, -0.15) is 0 Å². The molecule has 0 bridgehead atoms. The van der Waals surface area contributed by atoms with Gasteiger partial charge in [0.2, 0.25) is 0 Å². The third kappa shape index (κ3) is 5.30. The van der Waals surface area contributed by atoms with Gasteiger partial charge in [0, 0.05) is 62.3 Å². The average molecular weight is 428 g/mol. The Hall–Kier alpha value is -1.47. The van der Waals surface area contributed by atoms with Crippen molar-refractivity contribution < 1.29 is 4.39 Å². The Balaban J connectivity index is 1.01. The maximum absolute atomic E-state index is 13.7. The number of aromatic nitrogens is 1. The highest BCUT2D eigenvalue weighted by Gasteiger charge is 2.22. The van der Waals surface area contributed by atoms with E-state index in [4.69, 9.17) is 0 Å². The largest absolute Gasteiger partial charge is 0.358 e. The van der Waals surface area contributed by atoms with Crippen LogP contribution in [0.4, 0.5) is 4.39 Å². The summed E-state index contributed by atoms with van der Waals surface area (Å²) < 4.78 is 13.7. The molecule has 4 heterocycles. The van der Waals surface area contributed by atoms with E-state index >= 15 is 0 Å². The fourth-order valence-electron chi connectivity index (χ4n) is 5.71. The van der Waals surface area contributed by atoms with Gasteiger partial charge in [0.15, 0.2) is 0 Å². The highest BCUT2D eigenvalue weighted by Crippen LogP contribution is 2.28. The third-order valence-electron chi connectivity index (χ3n) is 7.58. The molecule has 1 aromatic carbocycles. The van der Waals surface area contributed by atoms with Crippen LogP contribution in [0.1, 0.15) is 36.9 Å². The molecule has 3 aliphatic heterocycles. The van der Waals surface area contributed by atoms with Crippen molar-refractivity contribution in [1.82, 2.24) is 24.6 Å². The number of H-pyrrole nitrogens is 1. The van der Waals surface area contributed by atoms with Gasteiger partial charge in [-0.1, -0.05) is 0 Å². The Labute approximate surface area is 186 Å². The molecule has 2 saturated heterocycles. The summed E-state index contributed by atoms with van der Waals surface area (Å²) in [6.07, 6.45) is 6.40. The maximum atomic E-state index is 13.7. The Morgan fingerprint density at radius 3 is 2.03 bits per heavy atom. The fourth-order valence-corrected chi connectivity index (χ4v) is 5.71. The molecule has 0 spiro atoms. The molecule has 2 aromatic rings. The zero-order valence-corrected chi connectivity index (χ0v) is 18.9. The fraction of sp³-hybridized carbons (Fsp3) is 0.680. The van der Waals surface area contributed by atoms with Crippen molar-refractivity contribution in [2.45, 2.75) is 38.6 Å². The van der Waals surface area contributed by atoms with Gasteiger partial charge in [0.25, 0.3) is 0 Å². The second-order valence-electron chi connectivity index (χ2n) is 9.74. The van der Waals surface area contributed by atoms with E-state index in [1.54, 1.807) is 12.1 Å². The van der Waals surface area contributed by atoms with Crippen LogP contribution >= 0.6 is 0 Å². The molecule has 0 saturated carbocycles. The van der Waals surface area contributed by atoms with Crippen LogP contribution in [0, 0.1) is 5.82 Å². The van der Waals surface area contributed by atoms with E-state index in [0.717, 1.165) is 37.0 Å². The van der Waals surface area contributed by atoms with Gasteiger partial charge < -0.3 is 19.7 Å². The van der Waals surface area contributed by atoms with Gasteiger partial charge in [-0.25, -0.2) is 4.39 Å². The smallest absolute Gasteiger partial charge is 0.123 e. The van der Waals surface area contributed by atoms with Crippen LogP contribution in [-0.2, 0) is 13.0 Å². The van der Waals surface area contributed by atoms with Crippen LogP contribution in [-0.4, -0.2) is 96.6 Å². The van der Waals surface area contributed by atoms with Crippen molar-refractivity contribution >= 4 is 10.9 Å². The molecule has 1 aromatic heterocycles. The Bertz CT molecular complexity index is 851. The zero-order valence-electron chi connectivity index (χ0n) is 18.9. The van der Waals surface area contributed by atoms with Crippen LogP contribution in [0.15, 0.2) is 18.2 Å². The summed E-state index contributed by atoms with van der Waals surface area (Å²) in [5.74, 6) is -0.137. The lowest BCUT2D eigenvalue weighted by Crippen LogP contribution is -2.47.